The Hall–Kier alpha value is -1.40. The molecular weight excluding hydrogens is 360 g/mol. The van der Waals surface area contributed by atoms with E-state index in [4.69, 9.17) is 0 Å². The summed E-state index contributed by atoms with van der Waals surface area (Å²) in [5.41, 5.74) is 0.984. The Morgan fingerprint density at radius 2 is 1.67 bits per heavy atom. The van der Waals surface area contributed by atoms with Gasteiger partial charge in [0, 0.05) is 25.6 Å². The molecule has 1 aliphatic heterocycles. The van der Waals surface area contributed by atoms with Gasteiger partial charge in [0.05, 0.1) is 4.90 Å². The van der Waals surface area contributed by atoms with Crippen molar-refractivity contribution in [3.8, 4) is 0 Å². The number of amides is 1. The predicted octanol–water partition coefficient (Wildman–Crippen LogP) is 3.73. The van der Waals surface area contributed by atoms with Gasteiger partial charge in [-0.25, -0.2) is 8.42 Å². The van der Waals surface area contributed by atoms with Crippen molar-refractivity contribution >= 4 is 15.9 Å². The number of hydrogen-bond acceptors (Lipinski definition) is 3. The molecule has 0 bridgehead atoms. The molecule has 0 aliphatic carbocycles. The van der Waals surface area contributed by atoms with Crippen LogP contribution < -0.4 is 5.32 Å². The molecule has 1 aliphatic rings. The third-order valence-corrected chi connectivity index (χ3v) is 7.01. The molecule has 1 unspecified atom stereocenters. The van der Waals surface area contributed by atoms with Crippen LogP contribution in [-0.4, -0.2) is 37.8 Å². The van der Waals surface area contributed by atoms with Gasteiger partial charge in [-0.15, -0.1) is 0 Å². The number of nitrogens with one attached hydrogen (secondary N) is 1. The highest BCUT2D eigenvalue weighted by atomic mass is 32.2. The van der Waals surface area contributed by atoms with Gasteiger partial charge in [-0.05, 0) is 62.6 Å². The summed E-state index contributed by atoms with van der Waals surface area (Å²) in [6, 6.07) is 7.18. The highest BCUT2D eigenvalue weighted by Crippen LogP contribution is 2.21. The molecule has 0 radical (unpaired) electrons. The van der Waals surface area contributed by atoms with Crippen LogP contribution in [0.2, 0.25) is 0 Å². The van der Waals surface area contributed by atoms with E-state index in [1.165, 1.54) is 0 Å². The second kappa shape index (κ2) is 10.2. The lowest BCUT2D eigenvalue weighted by atomic mass is 10.0. The Kier molecular flexibility index (Phi) is 8.29. The topological polar surface area (TPSA) is 66.5 Å². The minimum atomic E-state index is -3.39. The lowest BCUT2D eigenvalue weighted by molar-refractivity contribution is -0.121. The van der Waals surface area contributed by atoms with Crippen LogP contribution in [0.1, 0.15) is 64.9 Å². The van der Waals surface area contributed by atoms with Gasteiger partial charge in [-0.1, -0.05) is 32.4 Å². The highest BCUT2D eigenvalue weighted by Gasteiger charge is 2.25. The third kappa shape index (κ3) is 6.92. The minimum absolute atomic E-state index is 0.0521. The van der Waals surface area contributed by atoms with E-state index in [1.54, 1.807) is 16.4 Å². The maximum atomic E-state index is 12.7. The zero-order valence-electron chi connectivity index (χ0n) is 16.9. The molecule has 1 saturated heterocycles. The summed E-state index contributed by atoms with van der Waals surface area (Å²) in [6.07, 6.45) is 6.10. The van der Waals surface area contributed by atoms with Gasteiger partial charge >= 0.3 is 0 Å². The summed E-state index contributed by atoms with van der Waals surface area (Å²) in [5.74, 6) is 0.695. The van der Waals surface area contributed by atoms with E-state index < -0.39 is 10.0 Å². The van der Waals surface area contributed by atoms with Crippen LogP contribution in [0, 0.1) is 5.92 Å². The molecule has 5 nitrogen and oxygen atoms in total. The van der Waals surface area contributed by atoms with Crippen molar-refractivity contribution in [2.75, 3.05) is 13.1 Å². The van der Waals surface area contributed by atoms with Crippen LogP contribution in [0.4, 0.5) is 0 Å². The monoisotopic (exact) mass is 394 g/mol. The second-order valence-corrected chi connectivity index (χ2v) is 9.99. The lowest BCUT2D eigenvalue weighted by Gasteiger charge is -2.25. The van der Waals surface area contributed by atoms with E-state index in [2.05, 4.69) is 19.2 Å². The average molecular weight is 395 g/mol. The van der Waals surface area contributed by atoms with Crippen molar-refractivity contribution in [2.45, 2.75) is 76.7 Å². The van der Waals surface area contributed by atoms with Gasteiger partial charge in [0.25, 0.3) is 0 Å². The highest BCUT2D eigenvalue weighted by molar-refractivity contribution is 7.89. The van der Waals surface area contributed by atoms with Crippen LogP contribution in [0.15, 0.2) is 29.2 Å². The fourth-order valence-electron chi connectivity index (χ4n) is 3.34. The first-order valence-electron chi connectivity index (χ1n) is 10.2. The van der Waals surface area contributed by atoms with Crippen molar-refractivity contribution in [3.05, 3.63) is 29.8 Å². The Balaban J connectivity index is 1.84. The molecule has 1 fully saturated rings. The molecule has 152 valence electrons. The van der Waals surface area contributed by atoms with Crippen LogP contribution in [0.25, 0.3) is 0 Å². The lowest BCUT2D eigenvalue weighted by Crippen LogP contribution is -2.35. The number of nitrogens with zero attached hydrogens (tertiary/aromatic N) is 1. The van der Waals surface area contributed by atoms with Crippen LogP contribution in [-0.2, 0) is 21.2 Å². The van der Waals surface area contributed by atoms with E-state index in [0.29, 0.717) is 36.7 Å². The number of hydrogen-bond donors (Lipinski definition) is 1. The number of aryl methyl sites for hydroxylation is 1. The van der Waals surface area contributed by atoms with Gasteiger partial charge in [-0.3, -0.25) is 4.79 Å². The predicted molar refractivity (Wildman–Crippen MR) is 109 cm³/mol. The zero-order valence-corrected chi connectivity index (χ0v) is 17.7. The number of benzene rings is 1. The Labute approximate surface area is 164 Å². The molecule has 0 spiro atoms. The molecule has 1 heterocycles. The molecule has 1 N–H and O–H groups in total. The standard InChI is InChI=1S/C21H34N2O3S/c1-17(2)7-8-18(3)22-21(24)14-11-19-9-12-20(13-10-19)27(25,26)23-15-5-4-6-16-23/h9-10,12-13,17-18H,4-8,11,14-16H2,1-3H3,(H,22,24). The summed E-state index contributed by atoms with van der Waals surface area (Å²) in [7, 11) is -3.39. The maximum absolute atomic E-state index is 12.7. The Morgan fingerprint density at radius 3 is 2.26 bits per heavy atom. The van der Waals surface area contributed by atoms with E-state index in [9.17, 15) is 13.2 Å². The normalized spacial score (nSPS) is 17.0. The van der Waals surface area contributed by atoms with Crippen molar-refractivity contribution in [1.29, 1.82) is 0 Å². The molecule has 0 aromatic heterocycles. The van der Waals surface area contributed by atoms with Gasteiger partial charge in [0.1, 0.15) is 0 Å². The van der Waals surface area contributed by atoms with Crippen molar-refractivity contribution in [2.24, 2.45) is 5.92 Å². The molecule has 1 aromatic rings. The number of piperidine rings is 1. The zero-order chi connectivity index (χ0) is 19.9. The molecule has 0 saturated carbocycles. The summed E-state index contributed by atoms with van der Waals surface area (Å²) >= 11 is 0. The maximum Gasteiger partial charge on any atom is 0.243 e. The van der Waals surface area contributed by atoms with Crippen molar-refractivity contribution < 1.29 is 13.2 Å². The van der Waals surface area contributed by atoms with Gasteiger partial charge in [-0.2, -0.15) is 4.31 Å². The molecule has 1 aromatic carbocycles. The molecule has 1 atom stereocenters. The average Bonchev–Trinajstić information content (AvgIpc) is 2.66. The molecule has 6 heteroatoms. The van der Waals surface area contributed by atoms with E-state index in [1.807, 2.05) is 19.1 Å². The molecule has 2 rings (SSSR count). The van der Waals surface area contributed by atoms with Crippen molar-refractivity contribution in [3.63, 3.8) is 0 Å². The first-order valence-corrected chi connectivity index (χ1v) is 11.6. The largest absolute Gasteiger partial charge is 0.354 e. The summed E-state index contributed by atoms with van der Waals surface area (Å²) in [4.78, 5) is 12.4. The van der Waals surface area contributed by atoms with Crippen LogP contribution >= 0.6 is 0 Å². The number of sulfonamides is 1. The molecule has 27 heavy (non-hydrogen) atoms. The Bertz CT molecular complexity index is 693. The fourth-order valence-corrected chi connectivity index (χ4v) is 4.86. The number of carbonyl (C=O) groups is 1. The summed E-state index contributed by atoms with van der Waals surface area (Å²) < 4.78 is 26.9. The van der Waals surface area contributed by atoms with Crippen molar-refractivity contribution in [1.82, 2.24) is 9.62 Å². The van der Waals surface area contributed by atoms with Crippen LogP contribution in [0.3, 0.4) is 0 Å². The van der Waals surface area contributed by atoms with Crippen LogP contribution in [0.5, 0.6) is 0 Å². The smallest absolute Gasteiger partial charge is 0.243 e. The van der Waals surface area contributed by atoms with Gasteiger partial charge < -0.3 is 5.32 Å². The fraction of sp³-hybridized carbons (Fsp3) is 0.667. The minimum Gasteiger partial charge on any atom is -0.354 e. The number of carbonyl (C=O) groups excluding carboxylic acids is 1. The van der Waals surface area contributed by atoms with E-state index in [-0.39, 0.29) is 11.9 Å². The molecule has 1 amide bonds. The van der Waals surface area contributed by atoms with E-state index in [0.717, 1.165) is 37.7 Å². The first-order chi connectivity index (χ1) is 12.8. The van der Waals surface area contributed by atoms with E-state index >= 15 is 0 Å². The Morgan fingerprint density at radius 1 is 1.04 bits per heavy atom. The van der Waals surface area contributed by atoms with Gasteiger partial charge in [0.15, 0.2) is 0 Å². The summed E-state index contributed by atoms with van der Waals surface area (Å²) in [6.45, 7) is 7.63. The number of rotatable bonds is 9. The third-order valence-electron chi connectivity index (χ3n) is 5.10. The molecular formula is C21H34N2O3S. The second-order valence-electron chi connectivity index (χ2n) is 8.05. The quantitative estimate of drug-likeness (QED) is 0.694. The van der Waals surface area contributed by atoms with Gasteiger partial charge in [0.2, 0.25) is 15.9 Å². The summed E-state index contributed by atoms with van der Waals surface area (Å²) in [5, 5.41) is 3.04. The SMILES string of the molecule is CC(C)CCC(C)NC(=O)CCc1ccc(S(=O)(=O)N2CCCCC2)cc1. The first kappa shape index (κ1) is 21.9.